The van der Waals surface area contributed by atoms with Crippen LogP contribution in [0.5, 0.6) is 0 Å². The van der Waals surface area contributed by atoms with E-state index >= 15 is 0 Å². The van der Waals surface area contributed by atoms with Crippen LogP contribution in [0, 0.1) is 0 Å². The molecule has 0 fully saturated rings. The number of H-pyrrole nitrogens is 1. The standard InChI is InChI=1S/C12H18N4/c1-6(2)8-5-9(7(3)4)14-12-10(8)11(13)15-16-12/h5-7H,1-4H3,(H3,13,14,15,16). The Kier molecular flexibility index (Phi) is 2.58. The predicted octanol–water partition coefficient (Wildman–Crippen LogP) is 2.79. The summed E-state index contributed by atoms with van der Waals surface area (Å²) in [5, 5.41) is 7.92. The zero-order valence-corrected chi connectivity index (χ0v) is 10.2. The maximum Gasteiger partial charge on any atom is 0.183 e. The lowest BCUT2D eigenvalue weighted by molar-refractivity contribution is 0.809. The smallest absolute Gasteiger partial charge is 0.183 e. The van der Waals surface area contributed by atoms with Crippen LogP contribution in [-0.2, 0) is 0 Å². The molecule has 0 saturated heterocycles. The van der Waals surface area contributed by atoms with Gasteiger partial charge in [0.05, 0.1) is 5.39 Å². The van der Waals surface area contributed by atoms with Gasteiger partial charge in [-0.25, -0.2) is 4.98 Å². The van der Waals surface area contributed by atoms with Gasteiger partial charge in [-0.05, 0) is 23.5 Å². The molecule has 2 heterocycles. The molecule has 0 atom stereocenters. The average Bonchev–Trinajstić information content (AvgIpc) is 2.59. The van der Waals surface area contributed by atoms with Gasteiger partial charge in [-0.3, -0.25) is 5.10 Å². The molecule has 0 aliphatic rings. The van der Waals surface area contributed by atoms with Gasteiger partial charge in [0, 0.05) is 5.69 Å². The summed E-state index contributed by atoms with van der Waals surface area (Å²) >= 11 is 0. The Morgan fingerprint density at radius 1 is 1.19 bits per heavy atom. The van der Waals surface area contributed by atoms with E-state index in [2.05, 4.69) is 48.9 Å². The molecule has 0 aliphatic carbocycles. The van der Waals surface area contributed by atoms with Crippen molar-refractivity contribution in [3.63, 3.8) is 0 Å². The quantitative estimate of drug-likeness (QED) is 0.814. The minimum Gasteiger partial charge on any atom is -0.384 e. The number of hydrogen-bond acceptors (Lipinski definition) is 3. The number of nitrogen functional groups attached to an aromatic ring is 1. The molecular weight excluding hydrogens is 200 g/mol. The van der Waals surface area contributed by atoms with E-state index in [1.807, 2.05) is 0 Å². The second kappa shape index (κ2) is 3.77. The largest absolute Gasteiger partial charge is 0.384 e. The van der Waals surface area contributed by atoms with Crippen molar-refractivity contribution in [2.24, 2.45) is 0 Å². The van der Waals surface area contributed by atoms with Crippen LogP contribution in [0.1, 0.15) is 50.8 Å². The Morgan fingerprint density at radius 2 is 1.88 bits per heavy atom. The van der Waals surface area contributed by atoms with E-state index < -0.39 is 0 Å². The zero-order valence-electron chi connectivity index (χ0n) is 10.2. The molecule has 2 aromatic rings. The van der Waals surface area contributed by atoms with Gasteiger partial charge < -0.3 is 5.73 Å². The molecule has 16 heavy (non-hydrogen) atoms. The number of pyridine rings is 1. The molecule has 0 aromatic carbocycles. The van der Waals surface area contributed by atoms with E-state index in [0.29, 0.717) is 17.7 Å². The lowest BCUT2D eigenvalue weighted by Gasteiger charge is -2.11. The summed E-state index contributed by atoms with van der Waals surface area (Å²) in [5.74, 6) is 1.43. The SMILES string of the molecule is CC(C)c1cc(C(C)C)c2c(N)[nH]nc2n1. The van der Waals surface area contributed by atoms with Gasteiger partial charge >= 0.3 is 0 Å². The van der Waals surface area contributed by atoms with E-state index in [4.69, 9.17) is 5.73 Å². The van der Waals surface area contributed by atoms with Crippen LogP contribution in [0.4, 0.5) is 5.82 Å². The van der Waals surface area contributed by atoms with Crippen LogP contribution in [0.3, 0.4) is 0 Å². The van der Waals surface area contributed by atoms with Gasteiger partial charge in [0.15, 0.2) is 5.65 Å². The number of anilines is 1. The minimum atomic E-state index is 0.403. The summed E-state index contributed by atoms with van der Waals surface area (Å²) in [7, 11) is 0. The van der Waals surface area contributed by atoms with Gasteiger partial charge in [0.25, 0.3) is 0 Å². The third kappa shape index (κ3) is 1.64. The third-order valence-electron chi connectivity index (χ3n) is 2.82. The molecule has 0 radical (unpaired) electrons. The maximum atomic E-state index is 5.88. The Bertz CT molecular complexity index is 511. The topological polar surface area (TPSA) is 67.6 Å². The Hall–Kier alpha value is -1.58. The van der Waals surface area contributed by atoms with Crippen molar-refractivity contribution >= 4 is 16.9 Å². The summed E-state index contributed by atoms with van der Waals surface area (Å²) in [5.41, 5.74) is 8.91. The number of nitrogens with zero attached hydrogens (tertiary/aromatic N) is 2. The van der Waals surface area contributed by atoms with E-state index in [-0.39, 0.29) is 0 Å². The molecule has 0 aliphatic heterocycles. The summed E-state index contributed by atoms with van der Waals surface area (Å²) in [6.45, 7) is 8.58. The Morgan fingerprint density at radius 3 is 2.44 bits per heavy atom. The number of nitrogens with one attached hydrogen (secondary N) is 1. The van der Waals surface area contributed by atoms with Crippen molar-refractivity contribution in [1.82, 2.24) is 15.2 Å². The molecule has 0 saturated carbocycles. The number of aromatic amines is 1. The highest BCUT2D eigenvalue weighted by molar-refractivity contribution is 5.89. The van der Waals surface area contributed by atoms with Crippen LogP contribution in [0.25, 0.3) is 11.0 Å². The third-order valence-corrected chi connectivity index (χ3v) is 2.82. The van der Waals surface area contributed by atoms with Gasteiger partial charge in [-0.15, -0.1) is 0 Å². The second-order valence-electron chi connectivity index (χ2n) is 4.78. The monoisotopic (exact) mass is 218 g/mol. The molecule has 0 amide bonds. The Labute approximate surface area is 95.3 Å². The van der Waals surface area contributed by atoms with Crippen LogP contribution in [0.2, 0.25) is 0 Å². The molecule has 0 spiro atoms. The first-order valence-electron chi connectivity index (χ1n) is 5.65. The highest BCUT2D eigenvalue weighted by Crippen LogP contribution is 2.29. The van der Waals surface area contributed by atoms with Crippen LogP contribution >= 0.6 is 0 Å². The van der Waals surface area contributed by atoms with Crippen molar-refractivity contribution < 1.29 is 0 Å². The first-order valence-corrected chi connectivity index (χ1v) is 5.65. The highest BCUT2D eigenvalue weighted by Gasteiger charge is 2.15. The fraction of sp³-hybridized carbons (Fsp3) is 0.500. The zero-order chi connectivity index (χ0) is 11.9. The number of hydrogen-bond donors (Lipinski definition) is 2. The van der Waals surface area contributed by atoms with Crippen molar-refractivity contribution in [3.05, 3.63) is 17.3 Å². The lowest BCUT2D eigenvalue weighted by Crippen LogP contribution is -1.99. The lowest BCUT2D eigenvalue weighted by atomic mass is 9.97. The normalized spacial score (nSPS) is 11.9. The number of fused-ring (bicyclic) bond motifs is 1. The maximum absolute atomic E-state index is 5.88. The van der Waals surface area contributed by atoms with Gasteiger partial charge in [-0.2, -0.15) is 5.10 Å². The summed E-state index contributed by atoms with van der Waals surface area (Å²) < 4.78 is 0. The molecule has 0 bridgehead atoms. The number of aromatic nitrogens is 3. The molecule has 4 nitrogen and oxygen atoms in total. The number of nitrogens with two attached hydrogens (primary N) is 1. The first-order chi connectivity index (χ1) is 7.50. The van der Waals surface area contributed by atoms with Crippen molar-refractivity contribution in [2.45, 2.75) is 39.5 Å². The van der Waals surface area contributed by atoms with Gasteiger partial charge in [0.2, 0.25) is 0 Å². The van der Waals surface area contributed by atoms with Crippen molar-refractivity contribution in [1.29, 1.82) is 0 Å². The molecule has 4 heteroatoms. The van der Waals surface area contributed by atoms with Crippen LogP contribution in [-0.4, -0.2) is 15.2 Å². The fourth-order valence-electron chi connectivity index (χ4n) is 1.85. The molecule has 2 aromatic heterocycles. The predicted molar refractivity (Wildman–Crippen MR) is 66.5 cm³/mol. The highest BCUT2D eigenvalue weighted by atomic mass is 15.2. The summed E-state index contributed by atoms with van der Waals surface area (Å²) in [4.78, 5) is 4.52. The molecule has 86 valence electrons. The van der Waals surface area contributed by atoms with E-state index in [1.54, 1.807) is 0 Å². The van der Waals surface area contributed by atoms with E-state index in [9.17, 15) is 0 Å². The van der Waals surface area contributed by atoms with Crippen molar-refractivity contribution in [3.8, 4) is 0 Å². The molecule has 3 N–H and O–H groups in total. The van der Waals surface area contributed by atoms with Crippen molar-refractivity contribution in [2.75, 3.05) is 5.73 Å². The van der Waals surface area contributed by atoms with Gasteiger partial charge in [0.1, 0.15) is 5.82 Å². The average molecular weight is 218 g/mol. The van der Waals surface area contributed by atoms with E-state index in [1.165, 1.54) is 5.56 Å². The number of rotatable bonds is 2. The molecule has 2 rings (SSSR count). The summed E-state index contributed by atoms with van der Waals surface area (Å²) in [6.07, 6.45) is 0. The molecular formula is C12H18N4. The molecule has 0 unspecified atom stereocenters. The minimum absolute atomic E-state index is 0.403. The van der Waals surface area contributed by atoms with E-state index in [0.717, 1.165) is 16.7 Å². The van der Waals surface area contributed by atoms with Crippen LogP contribution < -0.4 is 5.73 Å². The van der Waals surface area contributed by atoms with Gasteiger partial charge in [-0.1, -0.05) is 27.7 Å². The second-order valence-corrected chi connectivity index (χ2v) is 4.78. The summed E-state index contributed by atoms with van der Waals surface area (Å²) in [6, 6.07) is 2.14. The van der Waals surface area contributed by atoms with Crippen LogP contribution in [0.15, 0.2) is 6.07 Å². The Balaban J connectivity index is 2.76. The first kappa shape index (κ1) is 10.9. The fourth-order valence-corrected chi connectivity index (χ4v) is 1.85.